The van der Waals surface area contributed by atoms with Crippen LogP contribution in [0.4, 0.5) is 0 Å². The predicted octanol–water partition coefficient (Wildman–Crippen LogP) is 3.27. The minimum atomic E-state index is -1.08. The Labute approximate surface area is 114 Å². The highest BCUT2D eigenvalue weighted by Gasteiger charge is 2.22. The normalized spacial score (nSPS) is 15.6. The molecule has 0 amide bonds. The second-order valence-corrected chi connectivity index (χ2v) is 7.91. The summed E-state index contributed by atoms with van der Waals surface area (Å²) in [7, 11) is -1.08. The molecular formula is C12H19BrN2OS. The summed E-state index contributed by atoms with van der Waals surface area (Å²) in [5, 5.41) is 0. The van der Waals surface area contributed by atoms with E-state index in [2.05, 4.69) is 25.6 Å². The largest absolute Gasteiger partial charge is 0.263 e. The van der Waals surface area contributed by atoms with Crippen molar-refractivity contribution in [1.29, 1.82) is 0 Å². The van der Waals surface area contributed by atoms with Crippen molar-refractivity contribution in [3.05, 3.63) is 28.0 Å². The molecule has 96 valence electrons. The van der Waals surface area contributed by atoms with Crippen LogP contribution in [0, 0.1) is 6.92 Å². The quantitative estimate of drug-likeness (QED) is 0.929. The Balaban J connectivity index is 2.88. The summed E-state index contributed by atoms with van der Waals surface area (Å²) in [6, 6.07) is 0.0139. The molecule has 0 fully saturated rings. The molecule has 2 atom stereocenters. The summed E-state index contributed by atoms with van der Waals surface area (Å²) in [4.78, 5) is 4.15. The van der Waals surface area contributed by atoms with E-state index in [0.717, 1.165) is 15.6 Å². The van der Waals surface area contributed by atoms with Gasteiger partial charge >= 0.3 is 0 Å². The zero-order valence-electron chi connectivity index (χ0n) is 10.9. The van der Waals surface area contributed by atoms with Gasteiger partial charge in [-0.3, -0.25) is 4.98 Å². The molecule has 1 aromatic rings. The number of halogens is 1. The van der Waals surface area contributed by atoms with Crippen LogP contribution in [0.25, 0.3) is 0 Å². The Hall–Kier alpha value is -0.260. The molecule has 0 aliphatic rings. The standard InChI is InChI=1S/C12H19BrN2OS/c1-8-10(6-14-7-11(8)13)9(2)15-17(16)12(3,4)5/h6-7,9,15H,1-5H3. The minimum absolute atomic E-state index is 0.0139. The molecule has 2 unspecified atom stereocenters. The van der Waals surface area contributed by atoms with Crippen LogP contribution in [-0.4, -0.2) is 13.9 Å². The van der Waals surface area contributed by atoms with E-state index in [1.54, 1.807) is 6.20 Å². The summed E-state index contributed by atoms with van der Waals surface area (Å²) in [5.41, 5.74) is 2.20. The maximum atomic E-state index is 12.0. The first-order valence-corrected chi connectivity index (χ1v) is 7.46. The van der Waals surface area contributed by atoms with Gasteiger partial charge < -0.3 is 0 Å². The number of nitrogens with one attached hydrogen (secondary N) is 1. The van der Waals surface area contributed by atoms with Gasteiger partial charge in [0.25, 0.3) is 0 Å². The first-order valence-electron chi connectivity index (χ1n) is 5.51. The molecular weight excluding hydrogens is 300 g/mol. The molecule has 0 aromatic carbocycles. The van der Waals surface area contributed by atoms with E-state index in [0.29, 0.717) is 0 Å². The van der Waals surface area contributed by atoms with Gasteiger partial charge in [-0.2, -0.15) is 0 Å². The smallest absolute Gasteiger partial charge is 0.0975 e. The molecule has 17 heavy (non-hydrogen) atoms. The van der Waals surface area contributed by atoms with E-state index in [-0.39, 0.29) is 10.8 Å². The number of hydrogen-bond acceptors (Lipinski definition) is 2. The molecule has 0 bridgehead atoms. The van der Waals surface area contributed by atoms with Gasteiger partial charge in [0.15, 0.2) is 0 Å². The molecule has 0 aliphatic heterocycles. The molecule has 0 radical (unpaired) electrons. The summed E-state index contributed by atoms with van der Waals surface area (Å²) >= 11 is 3.45. The molecule has 0 saturated heterocycles. The van der Waals surface area contributed by atoms with Gasteiger partial charge in [-0.25, -0.2) is 8.93 Å². The molecule has 0 saturated carbocycles. The zero-order chi connectivity index (χ0) is 13.2. The lowest BCUT2D eigenvalue weighted by molar-refractivity contribution is 0.614. The Morgan fingerprint density at radius 2 is 2.00 bits per heavy atom. The number of hydrogen-bond donors (Lipinski definition) is 1. The summed E-state index contributed by atoms with van der Waals surface area (Å²) in [5.74, 6) is 0. The molecule has 3 nitrogen and oxygen atoms in total. The van der Waals surface area contributed by atoms with Gasteiger partial charge in [0.1, 0.15) is 0 Å². The van der Waals surface area contributed by atoms with E-state index in [9.17, 15) is 4.21 Å². The van der Waals surface area contributed by atoms with Gasteiger partial charge in [0.05, 0.1) is 15.7 Å². The molecule has 1 N–H and O–H groups in total. The fourth-order valence-corrected chi connectivity index (χ4v) is 2.50. The zero-order valence-corrected chi connectivity index (χ0v) is 13.3. The van der Waals surface area contributed by atoms with Crippen molar-refractivity contribution in [3.63, 3.8) is 0 Å². The molecule has 5 heteroatoms. The second kappa shape index (κ2) is 5.59. The third kappa shape index (κ3) is 3.86. The monoisotopic (exact) mass is 318 g/mol. The van der Waals surface area contributed by atoms with Gasteiger partial charge in [0, 0.05) is 22.9 Å². The molecule has 0 spiro atoms. The molecule has 1 aromatic heterocycles. The average Bonchev–Trinajstić information content (AvgIpc) is 2.20. The van der Waals surface area contributed by atoms with E-state index in [4.69, 9.17) is 0 Å². The first-order chi connectivity index (χ1) is 7.73. The SMILES string of the molecule is Cc1c(Br)cncc1C(C)NS(=O)C(C)(C)C. The number of aromatic nitrogens is 1. The van der Waals surface area contributed by atoms with Crippen molar-refractivity contribution in [3.8, 4) is 0 Å². The van der Waals surface area contributed by atoms with Gasteiger partial charge in [0.2, 0.25) is 0 Å². The van der Waals surface area contributed by atoms with Crippen LogP contribution < -0.4 is 4.72 Å². The topological polar surface area (TPSA) is 42.0 Å². The van der Waals surface area contributed by atoms with Gasteiger partial charge in [-0.05, 0) is 61.7 Å². The molecule has 0 aliphatic carbocycles. The lowest BCUT2D eigenvalue weighted by Gasteiger charge is -2.23. The number of rotatable bonds is 3. The fourth-order valence-electron chi connectivity index (χ4n) is 1.35. The van der Waals surface area contributed by atoms with Crippen molar-refractivity contribution in [2.75, 3.05) is 0 Å². The Morgan fingerprint density at radius 3 is 2.53 bits per heavy atom. The highest BCUT2D eigenvalue weighted by atomic mass is 79.9. The summed E-state index contributed by atoms with van der Waals surface area (Å²) < 4.78 is 15.8. The lowest BCUT2D eigenvalue weighted by Crippen LogP contribution is -2.35. The van der Waals surface area contributed by atoms with Crippen LogP contribution in [0.1, 0.15) is 44.9 Å². The van der Waals surface area contributed by atoms with E-state index in [1.165, 1.54) is 0 Å². The molecule has 1 heterocycles. The van der Waals surface area contributed by atoms with E-state index >= 15 is 0 Å². The van der Waals surface area contributed by atoms with E-state index < -0.39 is 11.0 Å². The molecule has 1 rings (SSSR count). The van der Waals surface area contributed by atoms with Gasteiger partial charge in [-0.15, -0.1) is 0 Å². The summed E-state index contributed by atoms with van der Waals surface area (Å²) in [6.07, 6.45) is 3.59. The number of pyridine rings is 1. The average molecular weight is 319 g/mol. The van der Waals surface area contributed by atoms with Crippen molar-refractivity contribution < 1.29 is 4.21 Å². The lowest BCUT2D eigenvalue weighted by atomic mass is 10.1. The Kier molecular flexibility index (Phi) is 4.86. The van der Waals surface area contributed by atoms with Crippen molar-refractivity contribution >= 4 is 26.9 Å². The van der Waals surface area contributed by atoms with Crippen LogP contribution in [0.2, 0.25) is 0 Å². The van der Waals surface area contributed by atoms with Crippen LogP contribution >= 0.6 is 15.9 Å². The highest BCUT2D eigenvalue weighted by Crippen LogP contribution is 2.24. The van der Waals surface area contributed by atoms with Crippen LogP contribution in [0.3, 0.4) is 0 Å². The van der Waals surface area contributed by atoms with Crippen LogP contribution in [0.5, 0.6) is 0 Å². The maximum absolute atomic E-state index is 12.0. The fraction of sp³-hybridized carbons (Fsp3) is 0.583. The Bertz CT molecular complexity index is 429. The van der Waals surface area contributed by atoms with Crippen LogP contribution in [-0.2, 0) is 11.0 Å². The maximum Gasteiger partial charge on any atom is 0.0975 e. The summed E-state index contributed by atoms with van der Waals surface area (Å²) in [6.45, 7) is 9.89. The van der Waals surface area contributed by atoms with Crippen molar-refractivity contribution in [2.24, 2.45) is 0 Å². The minimum Gasteiger partial charge on any atom is -0.263 e. The van der Waals surface area contributed by atoms with E-state index in [1.807, 2.05) is 40.8 Å². The third-order valence-electron chi connectivity index (χ3n) is 2.50. The highest BCUT2D eigenvalue weighted by molar-refractivity contribution is 9.10. The van der Waals surface area contributed by atoms with Crippen LogP contribution in [0.15, 0.2) is 16.9 Å². The van der Waals surface area contributed by atoms with Gasteiger partial charge in [-0.1, -0.05) is 0 Å². The van der Waals surface area contributed by atoms with Crippen molar-refractivity contribution in [1.82, 2.24) is 9.71 Å². The van der Waals surface area contributed by atoms with Crippen molar-refractivity contribution in [2.45, 2.75) is 45.4 Å². The first kappa shape index (κ1) is 14.8. The Morgan fingerprint density at radius 1 is 1.41 bits per heavy atom. The predicted molar refractivity (Wildman–Crippen MR) is 76.1 cm³/mol. The third-order valence-corrected chi connectivity index (χ3v) is 4.98. The second-order valence-electron chi connectivity index (χ2n) is 5.06. The number of nitrogens with zero attached hydrogens (tertiary/aromatic N) is 1.